The summed E-state index contributed by atoms with van der Waals surface area (Å²) in [7, 11) is 2.13. The van der Waals surface area contributed by atoms with Crippen molar-refractivity contribution in [2.24, 2.45) is 0 Å². The fourth-order valence-corrected chi connectivity index (χ4v) is 4.24. The number of hydrogen-bond donors (Lipinski definition) is 1. The summed E-state index contributed by atoms with van der Waals surface area (Å²) < 4.78 is 12.3. The van der Waals surface area contributed by atoms with Gasteiger partial charge in [-0.1, -0.05) is 17.7 Å². The van der Waals surface area contributed by atoms with Crippen molar-refractivity contribution in [3.05, 3.63) is 41.2 Å². The van der Waals surface area contributed by atoms with Gasteiger partial charge in [-0.2, -0.15) is 4.89 Å². The number of hydrogen-bond acceptors (Lipinski definition) is 8. The van der Waals surface area contributed by atoms with Gasteiger partial charge in [-0.25, -0.2) is 9.97 Å². The Hall–Kier alpha value is -2.81. The molecule has 2 aliphatic rings. The molecule has 1 aromatic heterocycles. The Morgan fingerprint density at radius 1 is 1.22 bits per heavy atom. The summed E-state index contributed by atoms with van der Waals surface area (Å²) in [4.78, 5) is 21.8. The molecule has 9 heteroatoms. The maximum Gasteiger partial charge on any atom is 0.196 e. The van der Waals surface area contributed by atoms with E-state index in [1.54, 1.807) is 0 Å². The lowest BCUT2D eigenvalue weighted by atomic mass is 10.1. The molecule has 168 valence electrons. The van der Waals surface area contributed by atoms with Crippen LogP contribution in [-0.2, 0) is 11.5 Å². The number of piperidine rings is 1. The third-order valence-corrected chi connectivity index (χ3v) is 6.05. The molecule has 2 aliphatic heterocycles. The Morgan fingerprint density at radius 3 is 2.88 bits per heavy atom. The highest BCUT2D eigenvalue weighted by molar-refractivity contribution is 6.33. The monoisotopic (exact) mass is 456 g/mol. The molecule has 1 N–H and O–H groups in total. The van der Waals surface area contributed by atoms with E-state index in [1.807, 2.05) is 31.2 Å². The number of ether oxygens (including phenoxy) is 2. The number of anilines is 2. The van der Waals surface area contributed by atoms with Crippen LogP contribution in [0.25, 0.3) is 10.9 Å². The highest BCUT2D eigenvalue weighted by Crippen LogP contribution is 2.43. The van der Waals surface area contributed by atoms with Gasteiger partial charge in [0.25, 0.3) is 0 Å². The van der Waals surface area contributed by atoms with Crippen LogP contribution in [0.5, 0.6) is 17.2 Å². The van der Waals surface area contributed by atoms with Gasteiger partial charge in [-0.3, -0.25) is 0 Å². The summed E-state index contributed by atoms with van der Waals surface area (Å²) in [6, 6.07) is 7.50. The van der Waals surface area contributed by atoms with Crippen molar-refractivity contribution < 1.29 is 19.2 Å². The van der Waals surface area contributed by atoms with Gasteiger partial charge in [0.15, 0.2) is 5.75 Å². The van der Waals surface area contributed by atoms with Crippen LogP contribution in [0.1, 0.15) is 25.3 Å². The average molecular weight is 457 g/mol. The Labute approximate surface area is 191 Å². The molecule has 0 unspecified atom stereocenters. The predicted molar refractivity (Wildman–Crippen MR) is 122 cm³/mol. The Bertz CT molecular complexity index is 1130. The molecule has 2 aromatic carbocycles. The largest absolute Gasteiger partial charge is 0.494 e. The van der Waals surface area contributed by atoms with Crippen LogP contribution in [0.4, 0.5) is 11.5 Å². The van der Waals surface area contributed by atoms with Crippen LogP contribution in [0.15, 0.2) is 30.6 Å². The Morgan fingerprint density at radius 2 is 2.06 bits per heavy atom. The van der Waals surface area contributed by atoms with Crippen molar-refractivity contribution in [2.75, 3.05) is 32.1 Å². The second kappa shape index (κ2) is 8.97. The molecule has 8 nitrogen and oxygen atoms in total. The molecule has 0 bridgehead atoms. The number of aromatic nitrogens is 2. The van der Waals surface area contributed by atoms with Gasteiger partial charge in [0, 0.05) is 30.8 Å². The van der Waals surface area contributed by atoms with Crippen LogP contribution >= 0.6 is 11.6 Å². The first-order valence-electron chi connectivity index (χ1n) is 10.8. The molecule has 0 amide bonds. The minimum atomic E-state index is 0.112. The van der Waals surface area contributed by atoms with Crippen molar-refractivity contribution in [3.8, 4) is 17.2 Å². The quantitative estimate of drug-likeness (QED) is 0.534. The Balaban J connectivity index is 1.57. The highest BCUT2D eigenvalue weighted by atomic mass is 35.5. The first kappa shape index (κ1) is 21.1. The molecule has 32 heavy (non-hydrogen) atoms. The number of benzene rings is 2. The molecule has 5 rings (SSSR count). The molecule has 1 fully saturated rings. The zero-order valence-electron chi connectivity index (χ0n) is 18.1. The first-order chi connectivity index (χ1) is 15.6. The van der Waals surface area contributed by atoms with E-state index in [0.29, 0.717) is 47.0 Å². The maximum atomic E-state index is 6.49. The second-order valence-electron chi connectivity index (χ2n) is 7.97. The molecule has 0 spiro atoms. The lowest BCUT2D eigenvalue weighted by Gasteiger charge is -2.30. The van der Waals surface area contributed by atoms with Crippen LogP contribution < -0.4 is 19.7 Å². The number of halogens is 1. The fraction of sp³-hybridized carbons (Fsp3) is 0.391. The summed E-state index contributed by atoms with van der Waals surface area (Å²) in [5.41, 5.74) is 2.23. The molecular formula is C23H25ClN4O4. The molecule has 0 saturated carbocycles. The zero-order chi connectivity index (χ0) is 22.1. The van der Waals surface area contributed by atoms with Crippen molar-refractivity contribution in [1.82, 2.24) is 14.9 Å². The van der Waals surface area contributed by atoms with Crippen molar-refractivity contribution in [3.63, 3.8) is 0 Å². The molecule has 3 heterocycles. The zero-order valence-corrected chi connectivity index (χ0v) is 18.8. The van der Waals surface area contributed by atoms with Gasteiger partial charge in [-0.15, -0.1) is 0 Å². The van der Waals surface area contributed by atoms with E-state index >= 15 is 0 Å². The molecule has 0 aliphatic carbocycles. The van der Waals surface area contributed by atoms with Crippen molar-refractivity contribution >= 4 is 34.0 Å². The fourth-order valence-electron chi connectivity index (χ4n) is 4.05. The predicted octanol–water partition coefficient (Wildman–Crippen LogP) is 4.72. The number of fused-ring (bicyclic) bond motifs is 2. The lowest BCUT2D eigenvalue weighted by molar-refractivity contribution is -0.194. The summed E-state index contributed by atoms with van der Waals surface area (Å²) in [5, 5.41) is 4.61. The summed E-state index contributed by atoms with van der Waals surface area (Å²) in [6.45, 7) is 4.87. The first-order valence-corrected chi connectivity index (χ1v) is 11.1. The van der Waals surface area contributed by atoms with E-state index < -0.39 is 0 Å². The normalized spacial score (nSPS) is 16.6. The van der Waals surface area contributed by atoms with E-state index in [4.69, 9.17) is 30.8 Å². The minimum absolute atomic E-state index is 0.112. The number of rotatable bonds is 6. The summed E-state index contributed by atoms with van der Waals surface area (Å²) in [6.07, 6.45) is 3.53. The van der Waals surface area contributed by atoms with Crippen LogP contribution in [0.3, 0.4) is 0 Å². The van der Waals surface area contributed by atoms with Gasteiger partial charge >= 0.3 is 0 Å². The summed E-state index contributed by atoms with van der Waals surface area (Å²) >= 11 is 6.49. The number of likely N-dealkylation sites (tertiary alicyclic amines) is 1. The third-order valence-electron chi connectivity index (χ3n) is 5.73. The van der Waals surface area contributed by atoms with E-state index in [2.05, 4.69) is 27.2 Å². The highest BCUT2D eigenvalue weighted by Gasteiger charge is 2.24. The molecule has 0 radical (unpaired) electrons. The average Bonchev–Trinajstić information content (AvgIpc) is 3.26. The van der Waals surface area contributed by atoms with Gasteiger partial charge in [-0.05, 0) is 32.9 Å². The number of nitrogens with zero attached hydrogens (tertiary/aromatic N) is 3. The van der Waals surface area contributed by atoms with Crippen LogP contribution in [0, 0.1) is 0 Å². The molecular weight excluding hydrogens is 432 g/mol. The van der Waals surface area contributed by atoms with Gasteiger partial charge in [0.05, 0.1) is 22.5 Å². The second-order valence-corrected chi connectivity index (χ2v) is 8.38. The minimum Gasteiger partial charge on any atom is -0.494 e. The van der Waals surface area contributed by atoms with E-state index in [-0.39, 0.29) is 6.10 Å². The lowest BCUT2D eigenvalue weighted by Crippen LogP contribution is -2.35. The third kappa shape index (κ3) is 4.13. The van der Waals surface area contributed by atoms with E-state index in [1.165, 1.54) is 6.33 Å². The van der Waals surface area contributed by atoms with Crippen LogP contribution in [-0.4, -0.2) is 47.7 Å². The maximum absolute atomic E-state index is 6.49. The number of nitrogens with one attached hydrogen (secondary N) is 1. The van der Waals surface area contributed by atoms with Crippen molar-refractivity contribution in [1.29, 1.82) is 0 Å². The van der Waals surface area contributed by atoms with Crippen LogP contribution in [0.2, 0.25) is 5.02 Å². The van der Waals surface area contributed by atoms with E-state index in [0.717, 1.165) is 42.4 Å². The standard InChI is InChI=1S/C23H25ClN4O4/c1-3-29-16-10-18-20(19(11-16)31-15-6-8-28(2)9-7-15)23(26-13-25-18)27-21-17(24)5-4-14-12-30-32-22(14)21/h4-5,10-11,13,15H,3,6-9,12H2,1-2H3,(H,25,26,27). The Kier molecular flexibility index (Phi) is 5.91. The van der Waals surface area contributed by atoms with E-state index in [9.17, 15) is 0 Å². The molecule has 0 atom stereocenters. The van der Waals surface area contributed by atoms with Gasteiger partial charge in [0.1, 0.15) is 42.0 Å². The SMILES string of the molecule is CCOc1cc(OC2CCN(C)CC2)c2c(Nc3c(Cl)ccc4c3OOC4)ncnc2c1. The van der Waals surface area contributed by atoms with Gasteiger partial charge in [0.2, 0.25) is 0 Å². The molecule has 3 aromatic rings. The van der Waals surface area contributed by atoms with Crippen molar-refractivity contribution in [2.45, 2.75) is 32.5 Å². The topological polar surface area (TPSA) is 78.0 Å². The smallest absolute Gasteiger partial charge is 0.196 e. The van der Waals surface area contributed by atoms with Gasteiger partial charge < -0.3 is 24.6 Å². The summed E-state index contributed by atoms with van der Waals surface area (Å²) in [5.74, 6) is 2.53. The molecule has 1 saturated heterocycles.